The summed E-state index contributed by atoms with van der Waals surface area (Å²) in [6.45, 7) is 1.79. The standard InChI is InChI=1S/C16H13N3O4/c1-11(12-5-3-2-4-6-12)18-16(20)13(10-17)9-14-7-8-15(23-14)19(21)22/h2-9,11H,1H3,(H,18,20)/b13-9+/t11-/m0/s1. The van der Waals surface area contributed by atoms with Gasteiger partial charge in [-0.3, -0.25) is 14.9 Å². The van der Waals surface area contributed by atoms with Gasteiger partial charge < -0.3 is 9.73 Å². The molecule has 2 rings (SSSR count). The summed E-state index contributed by atoms with van der Waals surface area (Å²) in [6, 6.07) is 13.2. The Balaban J connectivity index is 2.13. The van der Waals surface area contributed by atoms with Crippen molar-refractivity contribution in [3.63, 3.8) is 0 Å². The molecule has 0 saturated carbocycles. The topological polar surface area (TPSA) is 109 Å². The molecule has 0 saturated heterocycles. The van der Waals surface area contributed by atoms with Crippen LogP contribution in [-0.4, -0.2) is 10.8 Å². The lowest BCUT2D eigenvalue weighted by Crippen LogP contribution is -2.27. The average Bonchev–Trinajstić information content (AvgIpc) is 3.02. The number of furan rings is 1. The maximum Gasteiger partial charge on any atom is 0.433 e. The second kappa shape index (κ2) is 7.04. The van der Waals surface area contributed by atoms with Crippen molar-refractivity contribution >= 4 is 17.9 Å². The highest BCUT2D eigenvalue weighted by Gasteiger charge is 2.16. The van der Waals surface area contributed by atoms with Crippen molar-refractivity contribution in [2.75, 3.05) is 0 Å². The summed E-state index contributed by atoms with van der Waals surface area (Å²) in [5, 5.41) is 22.3. The van der Waals surface area contributed by atoms with E-state index in [0.717, 1.165) is 11.6 Å². The Morgan fingerprint density at radius 1 is 1.35 bits per heavy atom. The Morgan fingerprint density at radius 3 is 2.61 bits per heavy atom. The van der Waals surface area contributed by atoms with E-state index in [1.807, 2.05) is 30.3 Å². The normalized spacial score (nSPS) is 12.3. The summed E-state index contributed by atoms with van der Waals surface area (Å²) in [5.74, 6) is -0.967. The van der Waals surface area contributed by atoms with Gasteiger partial charge in [-0.2, -0.15) is 5.26 Å². The van der Waals surface area contributed by atoms with Crippen molar-refractivity contribution in [1.29, 1.82) is 5.26 Å². The lowest BCUT2D eigenvalue weighted by Gasteiger charge is -2.13. The van der Waals surface area contributed by atoms with Gasteiger partial charge in [-0.25, -0.2) is 0 Å². The van der Waals surface area contributed by atoms with Gasteiger partial charge in [-0.1, -0.05) is 30.3 Å². The number of benzene rings is 1. The number of nitrogens with one attached hydrogen (secondary N) is 1. The van der Waals surface area contributed by atoms with Crippen LogP contribution in [0.3, 0.4) is 0 Å². The Morgan fingerprint density at radius 2 is 2.04 bits per heavy atom. The predicted octanol–water partition coefficient (Wildman–Crippen LogP) is 2.97. The molecule has 0 unspecified atom stereocenters. The minimum atomic E-state index is -0.694. The van der Waals surface area contributed by atoms with Crippen molar-refractivity contribution in [2.24, 2.45) is 0 Å². The molecule has 23 heavy (non-hydrogen) atoms. The first kappa shape index (κ1) is 16.0. The maximum atomic E-state index is 12.1. The quantitative estimate of drug-likeness (QED) is 0.395. The van der Waals surface area contributed by atoms with Crippen LogP contribution in [0.15, 0.2) is 52.5 Å². The van der Waals surface area contributed by atoms with Crippen LogP contribution in [0.25, 0.3) is 6.08 Å². The zero-order valence-corrected chi connectivity index (χ0v) is 12.2. The molecule has 7 nitrogen and oxygen atoms in total. The van der Waals surface area contributed by atoms with Gasteiger partial charge in [0.25, 0.3) is 5.91 Å². The third-order valence-electron chi connectivity index (χ3n) is 3.09. The SMILES string of the molecule is C[C@H](NC(=O)/C(C#N)=C/c1ccc([N+](=O)[O-])o1)c1ccccc1. The number of carbonyl (C=O) groups is 1. The first-order chi connectivity index (χ1) is 11.0. The summed E-state index contributed by atoms with van der Waals surface area (Å²) in [6.07, 6.45) is 1.17. The van der Waals surface area contributed by atoms with Crippen molar-refractivity contribution in [3.05, 3.63) is 69.5 Å². The minimum absolute atomic E-state index is 0.0655. The maximum absolute atomic E-state index is 12.1. The van der Waals surface area contributed by atoms with Crippen LogP contribution in [0.5, 0.6) is 0 Å². The van der Waals surface area contributed by atoms with Gasteiger partial charge in [0, 0.05) is 6.08 Å². The van der Waals surface area contributed by atoms with Gasteiger partial charge in [-0.15, -0.1) is 0 Å². The van der Waals surface area contributed by atoms with E-state index in [4.69, 9.17) is 9.68 Å². The summed E-state index contributed by atoms with van der Waals surface area (Å²) >= 11 is 0. The molecule has 0 spiro atoms. The van der Waals surface area contributed by atoms with E-state index in [-0.39, 0.29) is 17.4 Å². The first-order valence-electron chi connectivity index (χ1n) is 6.73. The second-order valence-electron chi connectivity index (χ2n) is 4.71. The van der Waals surface area contributed by atoms with Crippen molar-refractivity contribution in [1.82, 2.24) is 5.32 Å². The van der Waals surface area contributed by atoms with Crippen LogP contribution in [0.2, 0.25) is 0 Å². The largest absolute Gasteiger partial charge is 0.433 e. The number of nitro groups is 1. The lowest BCUT2D eigenvalue weighted by molar-refractivity contribution is -0.402. The van der Waals surface area contributed by atoms with Gasteiger partial charge in [-0.05, 0) is 18.6 Å². The minimum Gasteiger partial charge on any atom is -0.401 e. The highest BCUT2D eigenvalue weighted by molar-refractivity contribution is 6.01. The molecule has 2 aromatic rings. The Hall–Kier alpha value is -3.40. The van der Waals surface area contributed by atoms with Gasteiger partial charge >= 0.3 is 5.88 Å². The predicted molar refractivity (Wildman–Crippen MR) is 82.0 cm³/mol. The van der Waals surface area contributed by atoms with E-state index in [1.165, 1.54) is 12.1 Å². The fraction of sp³-hybridized carbons (Fsp3) is 0.125. The molecule has 0 bridgehead atoms. The average molecular weight is 311 g/mol. The summed E-state index contributed by atoms with van der Waals surface area (Å²) < 4.78 is 4.91. The van der Waals surface area contributed by atoms with E-state index < -0.39 is 16.7 Å². The molecule has 1 atom stereocenters. The Bertz CT molecular complexity index is 787. The first-order valence-corrected chi connectivity index (χ1v) is 6.73. The molecule has 7 heteroatoms. The van der Waals surface area contributed by atoms with Gasteiger partial charge in [0.2, 0.25) is 0 Å². The van der Waals surface area contributed by atoms with Crippen LogP contribution in [0.1, 0.15) is 24.3 Å². The molecular formula is C16H13N3O4. The van der Waals surface area contributed by atoms with E-state index in [2.05, 4.69) is 5.32 Å². The number of nitriles is 1. The number of amides is 1. The molecule has 0 aliphatic heterocycles. The number of hydrogen-bond donors (Lipinski definition) is 1. The van der Waals surface area contributed by atoms with Crippen LogP contribution < -0.4 is 5.32 Å². The lowest BCUT2D eigenvalue weighted by atomic mass is 10.1. The van der Waals surface area contributed by atoms with Crippen LogP contribution in [-0.2, 0) is 4.79 Å². The zero-order chi connectivity index (χ0) is 16.8. The Labute approximate surface area is 132 Å². The second-order valence-corrected chi connectivity index (χ2v) is 4.71. The van der Waals surface area contributed by atoms with Gasteiger partial charge in [0.15, 0.2) is 0 Å². The van der Waals surface area contributed by atoms with Crippen molar-refractivity contribution < 1.29 is 14.1 Å². The highest BCUT2D eigenvalue weighted by atomic mass is 16.6. The molecule has 0 aliphatic rings. The smallest absolute Gasteiger partial charge is 0.401 e. The molecule has 0 fully saturated rings. The molecule has 1 aromatic carbocycles. The number of hydrogen-bond acceptors (Lipinski definition) is 5. The fourth-order valence-corrected chi connectivity index (χ4v) is 1.91. The molecule has 1 N–H and O–H groups in total. The molecule has 1 amide bonds. The number of nitrogens with zero attached hydrogens (tertiary/aromatic N) is 2. The van der Waals surface area contributed by atoms with Crippen molar-refractivity contribution in [2.45, 2.75) is 13.0 Å². The van der Waals surface area contributed by atoms with Crippen LogP contribution in [0, 0.1) is 21.4 Å². The summed E-state index contributed by atoms with van der Waals surface area (Å²) in [7, 11) is 0. The summed E-state index contributed by atoms with van der Waals surface area (Å²) in [5.41, 5.74) is 0.698. The molecule has 1 heterocycles. The zero-order valence-electron chi connectivity index (χ0n) is 12.2. The van der Waals surface area contributed by atoms with E-state index in [1.54, 1.807) is 13.0 Å². The monoisotopic (exact) mass is 311 g/mol. The van der Waals surface area contributed by atoms with E-state index in [9.17, 15) is 14.9 Å². The third-order valence-corrected chi connectivity index (χ3v) is 3.09. The Kier molecular flexibility index (Phi) is 4.89. The highest BCUT2D eigenvalue weighted by Crippen LogP contribution is 2.18. The number of carbonyl (C=O) groups excluding carboxylic acids is 1. The van der Waals surface area contributed by atoms with E-state index in [0.29, 0.717) is 0 Å². The van der Waals surface area contributed by atoms with Gasteiger partial charge in [0.1, 0.15) is 22.3 Å². The van der Waals surface area contributed by atoms with Crippen LogP contribution >= 0.6 is 0 Å². The number of rotatable bonds is 5. The third kappa shape index (κ3) is 4.04. The molecule has 0 aliphatic carbocycles. The summed E-state index contributed by atoms with van der Waals surface area (Å²) in [4.78, 5) is 22.0. The van der Waals surface area contributed by atoms with E-state index >= 15 is 0 Å². The molecular weight excluding hydrogens is 298 g/mol. The fourth-order valence-electron chi connectivity index (χ4n) is 1.91. The molecule has 0 radical (unpaired) electrons. The van der Waals surface area contributed by atoms with Crippen molar-refractivity contribution in [3.8, 4) is 6.07 Å². The molecule has 1 aromatic heterocycles. The molecule has 116 valence electrons. The van der Waals surface area contributed by atoms with Gasteiger partial charge in [0.05, 0.1) is 12.1 Å². The van der Waals surface area contributed by atoms with Crippen LogP contribution in [0.4, 0.5) is 5.88 Å².